The number of allylic oxidation sites excluding steroid dienone is 2. The molecule has 9 heteroatoms. The van der Waals surface area contributed by atoms with Crippen molar-refractivity contribution in [2.24, 2.45) is 29.6 Å². The summed E-state index contributed by atoms with van der Waals surface area (Å²) in [6, 6.07) is 9.83. The quantitative estimate of drug-likeness (QED) is 0.257. The fourth-order valence-corrected chi connectivity index (χ4v) is 6.42. The van der Waals surface area contributed by atoms with Crippen molar-refractivity contribution in [1.82, 2.24) is 0 Å². The van der Waals surface area contributed by atoms with Gasteiger partial charge in [0.05, 0.1) is 36.2 Å². The summed E-state index contributed by atoms with van der Waals surface area (Å²) in [5.74, 6) is -1.24. The Labute approximate surface area is 218 Å². The lowest BCUT2D eigenvalue weighted by Crippen LogP contribution is -2.33. The molecule has 8 nitrogen and oxygen atoms in total. The van der Waals surface area contributed by atoms with Gasteiger partial charge in [-0.1, -0.05) is 23.8 Å². The number of hydrogen-bond donors (Lipinski definition) is 0. The zero-order chi connectivity index (χ0) is 26.0. The number of esters is 1. The predicted octanol–water partition coefficient (Wildman–Crippen LogP) is 3.93. The molecule has 37 heavy (non-hydrogen) atoms. The van der Waals surface area contributed by atoms with Crippen LogP contribution in [-0.2, 0) is 19.2 Å². The average molecular weight is 521 g/mol. The summed E-state index contributed by atoms with van der Waals surface area (Å²) in [5, 5.41) is 0.452. The van der Waals surface area contributed by atoms with Gasteiger partial charge in [-0.25, -0.2) is 4.90 Å². The minimum Gasteiger partial charge on any atom is -0.495 e. The van der Waals surface area contributed by atoms with Crippen LogP contribution in [0.4, 0.5) is 11.4 Å². The number of aryl methyl sites for hydroxylation is 1. The summed E-state index contributed by atoms with van der Waals surface area (Å²) in [6.07, 6.45) is 5.00. The second kappa shape index (κ2) is 8.73. The molecule has 6 rings (SSSR count). The zero-order valence-electron chi connectivity index (χ0n) is 20.3. The second-order valence-corrected chi connectivity index (χ2v) is 10.5. The van der Waals surface area contributed by atoms with Crippen molar-refractivity contribution >= 4 is 46.7 Å². The summed E-state index contributed by atoms with van der Waals surface area (Å²) in [7, 11) is 1.50. The van der Waals surface area contributed by atoms with Crippen LogP contribution in [0.15, 0.2) is 48.6 Å². The molecule has 0 N–H and O–H groups in total. The highest BCUT2D eigenvalue weighted by molar-refractivity contribution is 6.31. The molecule has 0 aromatic heterocycles. The van der Waals surface area contributed by atoms with Crippen molar-refractivity contribution < 1.29 is 28.7 Å². The van der Waals surface area contributed by atoms with E-state index in [9.17, 15) is 19.2 Å². The monoisotopic (exact) mass is 520 g/mol. The van der Waals surface area contributed by atoms with E-state index in [2.05, 4.69) is 12.2 Å². The van der Waals surface area contributed by atoms with Gasteiger partial charge in [0.15, 0.2) is 0 Å². The van der Waals surface area contributed by atoms with Crippen molar-refractivity contribution in [3.05, 3.63) is 59.1 Å². The Morgan fingerprint density at radius 1 is 0.973 bits per heavy atom. The minimum absolute atomic E-state index is 0.00148. The van der Waals surface area contributed by atoms with Gasteiger partial charge in [0, 0.05) is 18.0 Å². The van der Waals surface area contributed by atoms with E-state index < -0.39 is 11.9 Å². The number of rotatable bonds is 5. The summed E-state index contributed by atoms with van der Waals surface area (Å²) in [5.41, 5.74) is 1.67. The molecule has 4 aliphatic rings. The third kappa shape index (κ3) is 3.73. The first-order valence-corrected chi connectivity index (χ1v) is 12.7. The highest BCUT2D eigenvalue weighted by atomic mass is 35.5. The number of anilines is 2. The highest BCUT2D eigenvalue weighted by Gasteiger charge is 2.59. The molecule has 2 aliphatic carbocycles. The maximum absolute atomic E-state index is 13.2. The van der Waals surface area contributed by atoms with E-state index in [4.69, 9.17) is 21.1 Å². The first-order chi connectivity index (χ1) is 17.8. The molecule has 0 spiro atoms. The van der Waals surface area contributed by atoms with Crippen molar-refractivity contribution in [2.75, 3.05) is 23.5 Å². The standard InChI is InChI=1S/C28H25ClN2O6/c1-14-9-19(6-7-20(14)31-26(33)24-15-3-4-16(10-15)25(24)27(31)34)37-28(35)17-11-23(32)30(13-17)21-12-18(29)5-8-22(21)36-2/h3-9,12,15-17,24-25H,10-11,13H2,1-2H3/t15-,16-,17-,24-,25+/m0/s1. The molecular weight excluding hydrogens is 496 g/mol. The summed E-state index contributed by atoms with van der Waals surface area (Å²) in [4.78, 5) is 54.7. The molecule has 3 amide bonds. The number of fused-ring (bicyclic) bond motifs is 5. The Morgan fingerprint density at radius 2 is 1.68 bits per heavy atom. The Morgan fingerprint density at radius 3 is 2.32 bits per heavy atom. The van der Waals surface area contributed by atoms with Crippen molar-refractivity contribution in [2.45, 2.75) is 19.8 Å². The van der Waals surface area contributed by atoms with Crippen LogP contribution < -0.4 is 19.3 Å². The van der Waals surface area contributed by atoms with Gasteiger partial charge in [-0.2, -0.15) is 0 Å². The number of carbonyl (C=O) groups excluding carboxylic acids is 4. The van der Waals surface area contributed by atoms with Crippen LogP contribution in [0.2, 0.25) is 5.02 Å². The number of methoxy groups -OCH3 is 1. The fourth-order valence-electron chi connectivity index (χ4n) is 6.25. The Bertz CT molecular complexity index is 1360. The Hall–Kier alpha value is -3.65. The number of nitrogens with zero attached hydrogens (tertiary/aromatic N) is 2. The van der Waals surface area contributed by atoms with E-state index in [0.717, 1.165) is 6.42 Å². The van der Waals surface area contributed by atoms with Gasteiger partial charge in [0.1, 0.15) is 11.5 Å². The van der Waals surface area contributed by atoms with E-state index in [-0.39, 0.29) is 54.4 Å². The number of ether oxygens (including phenoxy) is 2. The number of halogens is 1. The lowest BCUT2D eigenvalue weighted by atomic mass is 9.85. The third-order valence-electron chi connectivity index (χ3n) is 7.99. The number of hydrogen-bond acceptors (Lipinski definition) is 6. The molecule has 3 fully saturated rings. The second-order valence-electron chi connectivity index (χ2n) is 10.1. The molecule has 0 unspecified atom stereocenters. The molecule has 2 bridgehead atoms. The molecule has 2 heterocycles. The molecule has 2 saturated heterocycles. The first-order valence-electron chi connectivity index (χ1n) is 12.3. The van der Waals surface area contributed by atoms with E-state index in [1.54, 1.807) is 43.3 Å². The largest absolute Gasteiger partial charge is 0.495 e. The maximum Gasteiger partial charge on any atom is 0.316 e. The topological polar surface area (TPSA) is 93.2 Å². The van der Waals surface area contributed by atoms with Crippen LogP contribution >= 0.6 is 11.6 Å². The van der Waals surface area contributed by atoms with E-state index in [0.29, 0.717) is 33.5 Å². The van der Waals surface area contributed by atoms with Gasteiger partial charge in [-0.05, 0) is 67.1 Å². The molecule has 5 atom stereocenters. The SMILES string of the molecule is COc1ccc(Cl)cc1N1C[C@@H](C(=O)Oc2ccc(N3C(=O)[C@@H]4[C@H](C3=O)[C@H]3C=C[C@H]4C3)c(C)c2)CC1=O. The van der Waals surface area contributed by atoms with E-state index >= 15 is 0 Å². The third-order valence-corrected chi connectivity index (χ3v) is 8.22. The molecule has 2 aromatic carbocycles. The highest BCUT2D eigenvalue weighted by Crippen LogP contribution is 2.53. The summed E-state index contributed by atoms with van der Waals surface area (Å²) >= 11 is 6.11. The van der Waals surface area contributed by atoms with Gasteiger partial charge in [-0.15, -0.1) is 0 Å². The molecule has 190 valence electrons. The van der Waals surface area contributed by atoms with Gasteiger partial charge >= 0.3 is 5.97 Å². The van der Waals surface area contributed by atoms with Crippen molar-refractivity contribution in [3.8, 4) is 11.5 Å². The first kappa shape index (κ1) is 23.7. The van der Waals surface area contributed by atoms with Crippen LogP contribution in [0.5, 0.6) is 11.5 Å². The fraction of sp³-hybridized carbons (Fsp3) is 0.357. The van der Waals surface area contributed by atoms with Crippen LogP contribution in [-0.4, -0.2) is 37.3 Å². The molecule has 2 aliphatic heterocycles. The Balaban J connectivity index is 1.16. The van der Waals surface area contributed by atoms with Gasteiger partial charge < -0.3 is 14.4 Å². The Kier molecular flexibility index (Phi) is 5.60. The summed E-state index contributed by atoms with van der Waals surface area (Å²) < 4.78 is 11.0. The molecule has 1 saturated carbocycles. The van der Waals surface area contributed by atoms with Crippen LogP contribution in [0.1, 0.15) is 18.4 Å². The normalized spacial score (nSPS) is 27.9. The lowest BCUT2D eigenvalue weighted by Gasteiger charge is -2.20. The average Bonchev–Trinajstić information content (AvgIpc) is 3.63. The zero-order valence-corrected chi connectivity index (χ0v) is 21.1. The van der Waals surface area contributed by atoms with Crippen molar-refractivity contribution in [3.63, 3.8) is 0 Å². The van der Waals surface area contributed by atoms with E-state index in [1.807, 2.05) is 0 Å². The minimum atomic E-state index is -0.666. The van der Waals surface area contributed by atoms with Gasteiger partial charge in [0.2, 0.25) is 17.7 Å². The smallest absolute Gasteiger partial charge is 0.316 e. The molecule has 2 aromatic rings. The molecular formula is C28H25ClN2O6. The molecule has 0 radical (unpaired) electrons. The van der Waals surface area contributed by atoms with Crippen LogP contribution in [0.3, 0.4) is 0 Å². The van der Waals surface area contributed by atoms with Crippen LogP contribution in [0.25, 0.3) is 0 Å². The predicted molar refractivity (Wildman–Crippen MR) is 135 cm³/mol. The summed E-state index contributed by atoms with van der Waals surface area (Å²) in [6.45, 7) is 1.92. The van der Waals surface area contributed by atoms with Gasteiger partial charge in [0.25, 0.3) is 0 Å². The van der Waals surface area contributed by atoms with Gasteiger partial charge in [-0.3, -0.25) is 19.2 Å². The van der Waals surface area contributed by atoms with E-state index in [1.165, 1.54) is 16.9 Å². The maximum atomic E-state index is 13.2. The number of amides is 3. The number of carbonyl (C=O) groups is 4. The number of benzene rings is 2. The van der Waals surface area contributed by atoms with Crippen molar-refractivity contribution in [1.29, 1.82) is 0 Å². The van der Waals surface area contributed by atoms with Crippen LogP contribution in [0, 0.1) is 36.5 Å². The lowest BCUT2D eigenvalue weighted by molar-refractivity contribution is -0.139. The number of imide groups is 1.